The lowest BCUT2D eigenvalue weighted by atomic mass is 9.85. The molecule has 0 aromatic rings. The predicted molar refractivity (Wildman–Crippen MR) is 80.0 cm³/mol. The zero-order chi connectivity index (χ0) is 14.6. The first-order valence-electron chi connectivity index (χ1n) is 7.42. The number of carbonyl (C=O) groups excluding carboxylic acids is 1. The average Bonchev–Trinajstić information content (AvgIpc) is 2.80. The topological polar surface area (TPSA) is 78.4 Å². The summed E-state index contributed by atoms with van der Waals surface area (Å²) in [6, 6.07) is -0.491. The van der Waals surface area contributed by atoms with Crippen LogP contribution in [0, 0.1) is 5.41 Å². The number of amides is 2. The Bertz CT molecular complexity index is 371. The number of nitrogens with one attached hydrogen (secondary N) is 2. The van der Waals surface area contributed by atoms with Crippen LogP contribution in [0.2, 0.25) is 0 Å². The van der Waals surface area contributed by atoms with Crippen molar-refractivity contribution in [1.29, 1.82) is 0 Å². The number of carboxylic acid groups (broad SMARTS) is 1. The van der Waals surface area contributed by atoms with Gasteiger partial charge in [-0.3, -0.25) is 4.79 Å². The van der Waals surface area contributed by atoms with E-state index in [2.05, 4.69) is 10.6 Å². The number of aliphatic carboxylic acids is 1. The Labute approximate surface area is 124 Å². The van der Waals surface area contributed by atoms with Gasteiger partial charge in [-0.25, -0.2) is 4.79 Å². The fraction of sp³-hybridized carbons (Fsp3) is 0.857. The van der Waals surface area contributed by atoms with Crippen LogP contribution in [-0.2, 0) is 4.79 Å². The van der Waals surface area contributed by atoms with E-state index in [1.165, 1.54) is 18.6 Å². The molecule has 20 heavy (non-hydrogen) atoms. The molecule has 1 heterocycles. The van der Waals surface area contributed by atoms with Crippen LogP contribution in [-0.4, -0.2) is 40.7 Å². The van der Waals surface area contributed by atoms with Gasteiger partial charge in [-0.2, -0.15) is 11.8 Å². The summed E-state index contributed by atoms with van der Waals surface area (Å²) in [5.74, 6) is 0.358. The normalized spacial score (nSPS) is 33.6. The SMILES string of the molecule is CC1(C(=O)O)CCCC1NC(=O)NCC1CCCCS1. The Morgan fingerprint density at radius 2 is 2.10 bits per heavy atom. The van der Waals surface area contributed by atoms with Gasteiger partial charge in [0.25, 0.3) is 0 Å². The zero-order valence-corrected chi connectivity index (χ0v) is 12.8. The van der Waals surface area contributed by atoms with Gasteiger partial charge in [0.15, 0.2) is 0 Å². The molecule has 2 fully saturated rings. The smallest absolute Gasteiger partial charge is 0.315 e. The monoisotopic (exact) mass is 300 g/mol. The van der Waals surface area contributed by atoms with E-state index in [-0.39, 0.29) is 12.1 Å². The van der Waals surface area contributed by atoms with Crippen molar-refractivity contribution in [2.24, 2.45) is 5.41 Å². The molecule has 114 valence electrons. The van der Waals surface area contributed by atoms with Gasteiger partial charge in [0.2, 0.25) is 0 Å². The van der Waals surface area contributed by atoms with Gasteiger partial charge in [0.1, 0.15) is 0 Å². The number of carboxylic acids is 1. The minimum Gasteiger partial charge on any atom is -0.481 e. The molecule has 0 radical (unpaired) electrons. The van der Waals surface area contributed by atoms with Crippen molar-refractivity contribution in [2.75, 3.05) is 12.3 Å². The van der Waals surface area contributed by atoms with Gasteiger partial charge in [0.05, 0.1) is 5.41 Å². The molecule has 1 saturated carbocycles. The summed E-state index contributed by atoms with van der Waals surface area (Å²) >= 11 is 1.92. The molecule has 6 heteroatoms. The Balaban J connectivity index is 1.77. The first-order valence-corrected chi connectivity index (χ1v) is 8.46. The van der Waals surface area contributed by atoms with Gasteiger partial charge in [-0.1, -0.05) is 12.8 Å². The maximum absolute atomic E-state index is 11.9. The number of urea groups is 1. The second-order valence-electron chi connectivity index (χ2n) is 6.01. The third kappa shape index (κ3) is 3.59. The third-order valence-electron chi connectivity index (χ3n) is 4.52. The quantitative estimate of drug-likeness (QED) is 0.744. The molecule has 3 N–H and O–H groups in total. The highest BCUT2D eigenvalue weighted by atomic mass is 32.2. The molecule has 0 spiro atoms. The third-order valence-corrected chi connectivity index (χ3v) is 5.91. The molecule has 3 unspecified atom stereocenters. The van der Waals surface area contributed by atoms with E-state index >= 15 is 0 Å². The van der Waals surface area contributed by atoms with E-state index in [4.69, 9.17) is 0 Å². The second-order valence-corrected chi connectivity index (χ2v) is 7.42. The molecular formula is C14H24N2O3S. The fourth-order valence-electron chi connectivity index (χ4n) is 3.04. The lowest BCUT2D eigenvalue weighted by Gasteiger charge is -2.28. The fourth-order valence-corrected chi connectivity index (χ4v) is 4.28. The van der Waals surface area contributed by atoms with E-state index in [9.17, 15) is 14.7 Å². The molecule has 0 aromatic carbocycles. The molecular weight excluding hydrogens is 276 g/mol. The van der Waals surface area contributed by atoms with Crippen LogP contribution >= 0.6 is 11.8 Å². The number of carbonyl (C=O) groups is 2. The Hall–Kier alpha value is -0.910. The van der Waals surface area contributed by atoms with E-state index in [0.29, 0.717) is 18.2 Å². The molecule has 2 aliphatic rings. The Morgan fingerprint density at radius 1 is 1.30 bits per heavy atom. The van der Waals surface area contributed by atoms with Crippen molar-refractivity contribution in [3.05, 3.63) is 0 Å². The van der Waals surface area contributed by atoms with Crippen LogP contribution in [0.15, 0.2) is 0 Å². The summed E-state index contributed by atoms with van der Waals surface area (Å²) < 4.78 is 0. The van der Waals surface area contributed by atoms with Gasteiger partial charge in [-0.15, -0.1) is 0 Å². The largest absolute Gasteiger partial charge is 0.481 e. The van der Waals surface area contributed by atoms with Crippen molar-refractivity contribution in [2.45, 2.75) is 56.7 Å². The lowest BCUT2D eigenvalue weighted by Crippen LogP contribution is -2.51. The first kappa shape index (κ1) is 15.5. The summed E-state index contributed by atoms with van der Waals surface area (Å²) in [4.78, 5) is 23.3. The Kier molecular flexibility index (Phi) is 5.18. The van der Waals surface area contributed by atoms with Gasteiger partial charge in [0, 0.05) is 17.8 Å². The zero-order valence-electron chi connectivity index (χ0n) is 12.0. The standard InChI is InChI=1S/C14H24N2O3S/c1-14(12(17)18)7-4-6-11(14)16-13(19)15-9-10-5-2-3-8-20-10/h10-11H,2-9H2,1H3,(H,17,18)(H2,15,16,19). The molecule has 2 rings (SSSR count). The average molecular weight is 300 g/mol. The molecule has 3 atom stereocenters. The maximum Gasteiger partial charge on any atom is 0.315 e. The van der Waals surface area contributed by atoms with Gasteiger partial charge in [-0.05, 0) is 38.4 Å². The van der Waals surface area contributed by atoms with Gasteiger partial charge >= 0.3 is 12.0 Å². The summed E-state index contributed by atoms with van der Waals surface area (Å²) in [5, 5.41) is 15.6. The highest BCUT2D eigenvalue weighted by molar-refractivity contribution is 7.99. The van der Waals surface area contributed by atoms with E-state index in [0.717, 1.165) is 19.3 Å². The number of rotatable bonds is 4. The van der Waals surface area contributed by atoms with Crippen LogP contribution in [0.4, 0.5) is 4.79 Å². The minimum atomic E-state index is -0.822. The predicted octanol–water partition coefficient (Wildman–Crippen LogP) is 2.21. The van der Waals surface area contributed by atoms with Crippen LogP contribution in [0.1, 0.15) is 45.4 Å². The highest BCUT2D eigenvalue weighted by Crippen LogP contribution is 2.38. The lowest BCUT2D eigenvalue weighted by molar-refractivity contribution is -0.148. The minimum absolute atomic E-state index is 0.226. The number of hydrogen-bond donors (Lipinski definition) is 3. The second kappa shape index (κ2) is 6.70. The van der Waals surface area contributed by atoms with Crippen LogP contribution in [0.5, 0.6) is 0 Å². The molecule has 2 amide bonds. The van der Waals surface area contributed by atoms with Crippen molar-refractivity contribution in [1.82, 2.24) is 10.6 Å². The van der Waals surface area contributed by atoms with Crippen LogP contribution < -0.4 is 10.6 Å². The highest BCUT2D eigenvalue weighted by Gasteiger charge is 2.45. The van der Waals surface area contributed by atoms with E-state index in [1.807, 2.05) is 11.8 Å². The summed E-state index contributed by atoms with van der Waals surface area (Å²) in [6.45, 7) is 2.40. The Morgan fingerprint density at radius 3 is 2.75 bits per heavy atom. The molecule has 1 saturated heterocycles. The van der Waals surface area contributed by atoms with E-state index in [1.54, 1.807) is 6.92 Å². The number of hydrogen-bond acceptors (Lipinski definition) is 3. The molecule has 0 bridgehead atoms. The van der Waals surface area contributed by atoms with Crippen molar-refractivity contribution < 1.29 is 14.7 Å². The molecule has 1 aliphatic carbocycles. The van der Waals surface area contributed by atoms with Crippen LogP contribution in [0.25, 0.3) is 0 Å². The van der Waals surface area contributed by atoms with Crippen molar-refractivity contribution >= 4 is 23.8 Å². The molecule has 0 aromatic heterocycles. The molecule has 5 nitrogen and oxygen atoms in total. The summed E-state index contributed by atoms with van der Waals surface area (Å²) in [7, 11) is 0. The van der Waals surface area contributed by atoms with Crippen LogP contribution in [0.3, 0.4) is 0 Å². The number of thioether (sulfide) groups is 1. The van der Waals surface area contributed by atoms with Crippen molar-refractivity contribution in [3.63, 3.8) is 0 Å². The van der Waals surface area contributed by atoms with E-state index < -0.39 is 11.4 Å². The summed E-state index contributed by atoms with van der Waals surface area (Å²) in [5.41, 5.74) is -0.822. The van der Waals surface area contributed by atoms with Crippen molar-refractivity contribution in [3.8, 4) is 0 Å². The maximum atomic E-state index is 11.9. The van der Waals surface area contributed by atoms with Gasteiger partial charge < -0.3 is 15.7 Å². The first-order chi connectivity index (χ1) is 9.52. The molecule has 1 aliphatic heterocycles. The summed E-state index contributed by atoms with van der Waals surface area (Å²) in [6.07, 6.45) is 5.89.